The molecule has 4 rings (SSSR count). The number of halogens is 2. The van der Waals surface area contributed by atoms with Crippen molar-refractivity contribution in [2.45, 2.75) is 19.6 Å². The van der Waals surface area contributed by atoms with Crippen molar-refractivity contribution in [3.8, 4) is 11.8 Å². The molecular formula is C21H21BrFN5O2S. The molecule has 0 fully saturated rings. The van der Waals surface area contributed by atoms with Gasteiger partial charge < -0.3 is 18.7 Å². The van der Waals surface area contributed by atoms with Gasteiger partial charge in [0.05, 0.1) is 24.8 Å². The Morgan fingerprint density at radius 1 is 1.23 bits per heavy atom. The van der Waals surface area contributed by atoms with Crippen LogP contribution in [0.2, 0.25) is 0 Å². The second kappa shape index (κ2) is 8.88. The molecule has 0 N–H and O–H groups in total. The van der Waals surface area contributed by atoms with Gasteiger partial charge in [0.1, 0.15) is 23.4 Å². The summed E-state index contributed by atoms with van der Waals surface area (Å²) in [6.07, 6.45) is 5.07. The topological polar surface area (TPSA) is 63.6 Å². The number of pyridine rings is 1. The third-order valence-electron chi connectivity index (χ3n) is 5.06. The molecule has 162 valence electrons. The van der Waals surface area contributed by atoms with Crippen LogP contribution in [0, 0.1) is 12.7 Å². The van der Waals surface area contributed by atoms with Gasteiger partial charge >= 0.3 is 6.01 Å². The summed E-state index contributed by atoms with van der Waals surface area (Å²) >= 11 is 4.67. The van der Waals surface area contributed by atoms with Crippen LogP contribution < -0.4 is 18.7 Å². The predicted molar refractivity (Wildman–Crippen MR) is 123 cm³/mol. The van der Waals surface area contributed by atoms with E-state index in [1.807, 2.05) is 24.9 Å². The van der Waals surface area contributed by atoms with E-state index in [-0.39, 0.29) is 18.0 Å². The van der Waals surface area contributed by atoms with Crippen LogP contribution in [0.5, 0.6) is 11.8 Å². The Morgan fingerprint density at radius 3 is 2.71 bits per heavy atom. The number of aryl methyl sites for hydroxylation is 1. The van der Waals surface area contributed by atoms with Gasteiger partial charge in [0.2, 0.25) is 0 Å². The van der Waals surface area contributed by atoms with Crippen LogP contribution in [0.25, 0.3) is 0 Å². The molecule has 1 aliphatic heterocycles. The Labute approximate surface area is 193 Å². The first kappa shape index (κ1) is 21.6. The molecule has 1 unspecified atom stereocenters. The van der Waals surface area contributed by atoms with E-state index in [2.05, 4.69) is 35.8 Å². The van der Waals surface area contributed by atoms with Crippen molar-refractivity contribution in [3.63, 3.8) is 0 Å². The first-order valence-electron chi connectivity index (χ1n) is 9.44. The highest BCUT2D eigenvalue weighted by atomic mass is 79.9. The van der Waals surface area contributed by atoms with Crippen LogP contribution in [-0.2, 0) is 6.54 Å². The fourth-order valence-corrected chi connectivity index (χ4v) is 4.48. The maximum absolute atomic E-state index is 14.9. The highest BCUT2D eigenvalue weighted by molar-refractivity contribution is 9.10. The quantitative estimate of drug-likeness (QED) is 0.438. The van der Waals surface area contributed by atoms with E-state index in [0.717, 1.165) is 21.4 Å². The van der Waals surface area contributed by atoms with Gasteiger partial charge in [-0.05, 0) is 35.0 Å². The van der Waals surface area contributed by atoms with E-state index in [4.69, 9.17) is 8.92 Å². The third kappa shape index (κ3) is 4.14. The maximum Gasteiger partial charge on any atom is 0.318 e. The van der Waals surface area contributed by atoms with Crippen LogP contribution in [-0.4, -0.2) is 35.4 Å². The normalized spacial score (nSPS) is 15.2. The Kier molecular flexibility index (Phi) is 6.19. The molecular weight excluding hydrogens is 485 g/mol. The van der Waals surface area contributed by atoms with E-state index < -0.39 is 0 Å². The standard InChI is InChI=1S/C21H21BrFN5O2S/c1-12-18-19(26-21(25-12)29-3)28(11-13-5-6-16(30-31-4)8-17(13)23)20(27(18)2)14-7-15(22)10-24-9-14/h5-10,20H,11H2,1-4H3. The smallest absolute Gasteiger partial charge is 0.318 e. The molecule has 0 radical (unpaired) electrons. The SMILES string of the molecule is COc1nc(C)c2c(n1)N(Cc1ccc(OSC)cc1F)C(c1cncc(Br)c1)N2C. The first-order chi connectivity index (χ1) is 14.9. The van der Waals surface area contributed by atoms with E-state index in [9.17, 15) is 4.39 Å². The molecule has 3 heterocycles. The number of hydrogen-bond donors (Lipinski definition) is 0. The number of anilines is 2. The summed E-state index contributed by atoms with van der Waals surface area (Å²) in [6, 6.07) is 7.16. The van der Waals surface area contributed by atoms with E-state index in [1.165, 1.54) is 25.2 Å². The zero-order valence-electron chi connectivity index (χ0n) is 17.5. The summed E-state index contributed by atoms with van der Waals surface area (Å²) in [5.74, 6) is 0.812. The van der Waals surface area contributed by atoms with Crippen molar-refractivity contribution in [3.05, 3.63) is 63.8 Å². The molecule has 31 heavy (non-hydrogen) atoms. The van der Waals surface area contributed by atoms with Crippen LogP contribution in [0.4, 0.5) is 15.9 Å². The predicted octanol–water partition coefficient (Wildman–Crippen LogP) is 4.90. The van der Waals surface area contributed by atoms with E-state index in [0.29, 0.717) is 23.7 Å². The second-order valence-corrected chi connectivity index (χ2v) is 8.44. The minimum atomic E-state index is -0.341. The summed E-state index contributed by atoms with van der Waals surface area (Å²) in [5.41, 5.74) is 3.12. The number of nitrogens with zero attached hydrogens (tertiary/aromatic N) is 5. The Balaban J connectivity index is 1.81. The fourth-order valence-electron chi connectivity index (χ4n) is 3.80. The van der Waals surface area contributed by atoms with Gasteiger partial charge in [0.15, 0.2) is 5.82 Å². The van der Waals surface area contributed by atoms with Crippen molar-refractivity contribution in [1.82, 2.24) is 15.0 Å². The van der Waals surface area contributed by atoms with Gasteiger partial charge in [-0.25, -0.2) is 4.39 Å². The maximum atomic E-state index is 14.9. The highest BCUT2D eigenvalue weighted by Crippen LogP contribution is 2.47. The monoisotopic (exact) mass is 505 g/mol. The number of rotatable bonds is 6. The molecule has 7 nitrogen and oxygen atoms in total. The summed E-state index contributed by atoms with van der Waals surface area (Å²) in [7, 11) is 3.50. The number of hydrogen-bond acceptors (Lipinski definition) is 8. The Morgan fingerprint density at radius 2 is 2.03 bits per heavy atom. The van der Waals surface area contributed by atoms with Crippen molar-refractivity contribution in [1.29, 1.82) is 0 Å². The number of methoxy groups -OCH3 is 1. The van der Waals surface area contributed by atoms with E-state index in [1.54, 1.807) is 30.8 Å². The van der Waals surface area contributed by atoms with Crippen molar-refractivity contribution >= 4 is 39.5 Å². The van der Waals surface area contributed by atoms with Crippen LogP contribution in [0.15, 0.2) is 41.1 Å². The average molecular weight is 506 g/mol. The lowest BCUT2D eigenvalue weighted by molar-refractivity contribution is 0.379. The largest absolute Gasteiger partial charge is 0.467 e. The van der Waals surface area contributed by atoms with Gasteiger partial charge in [0, 0.05) is 53.9 Å². The zero-order chi connectivity index (χ0) is 22.1. The lowest BCUT2D eigenvalue weighted by atomic mass is 10.1. The molecule has 0 amide bonds. The molecule has 0 bridgehead atoms. The summed E-state index contributed by atoms with van der Waals surface area (Å²) < 4.78 is 26.4. The number of ether oxygens (including phenoxy) is 1. The summed E-state index contributed by atoms with van der Waals surface area (Å²) in [4.78, 5) is 17.5. The molecule has 1 aromatic carbocycles. The molecule has 0 spiro atoms. The molecule has 1 atom stereocenters. The lowest BCUT2D eigenvalue weighted by Gasteiger charge is -2.30. The minimum absolute atomic E-state index is 0.248. The summed E-state index contributed by atoms with van der Waals surface area (Å²) in [6.45, 7) is 2.20. The van der Waals surface area contributed by atoms with Crippen molar-refractivity contribution in [2.75, 3.05) is 30.2 Å². The zero-order valence-corrected chi connectivity index (χ0v) is 19.9. The molecule has 3 aromatic rings. The van der Waals surface area contributed by atoms with Gasteiger partial charge in [-0.2, -0.15) is 9.97 Å². The highest BCUT2D eigenvalue weighted by Gasteiger charge is 2.39. The van der Waals surface area contributed by atoms with Crippen molar-refractivity contribution < 1.29 is 13.3 Å². The fraction of sp³-hybridized carbons (Fsp3) is 0.286. The van der Waals surface area contributed by atoms with Crippen LogP contribution in [0.3, 0.4) is 0 Å². The first-order valence-corrected chi connectivity index (χ1v) is 11.4. The van der Waals surface area contributed by atoms with Gasteiger partial charge in [-0.3, -0.25) is 4.98 Å². The Hall–Kier alpha value is -2.59. The lowest BCUT2D eigenvalue weighted by Crippen LogP contribution is -2.33. The van der Waals surface area contributed by atoms with Gasteiger partial charge in [-0.15, -0.1) is 0 Å². The molecule has 0 saturated heterocycles. The molecule has 2 aromatic heterocycles. The molecule has 0 aliphatic carbocycles. The van der Waals surface area contributed by atoms with Gasteiger partial charge in [0.25, 0.3) is 0 Å². The molecule has 10 heteroatoms. The van der Waals surface area contributed by atoms with Crippen LogP contribution in [0.1, 0.15) is 23.0 Å². The summed E-state index contributed by atoms with van der Waals surface area (Å²) in [5, 5.41) is 0. The minimum Gasteiger partial charge on any atom is -0.467 e. The Bertz CT molecular complexity index is 1120. The van der Waals surface area contributed by atoms with Gasteiger partial charge in [-0.1, -0.05) is 6.07 Å². The average Bonchev–Trinajstić information content (AvgIpc) is 3.02. The van der Waals surface area contributed by atoms with Crippen molar-refractivity contribution in [2.24, 2.45) is 0 Å². The van der Waals surface area contributed by atoms with Crippen LogP contribution >= 0.6 is 28.0 Å². The number of aromatic nitrogens is 3. The third-order valence-corrected chi connectivity index (χ3v) is 5.85. The van der Waals surface area contributed by atoms with E-state index >= 15 is 0 Å². The molecule has 1 aliphatic rings. The second-order valence-electron chi connectivity index (χ2n) is 7.02. The number of benzene rings is 1. The number of fused-ring (bicyclic) bond motifs is 1. The molecule has 0 saturated carbocycles.